The third-order valence-electron chi connectivity index (χ3n) is 5.63. The molecule has 1 aliphatic heterocycles. The van der Waals surface area contributed by atoms with E-state index in [-0.39, 0.29) is 17.9 Å². The van der Waals surface area contributed by atoms with Gasteiger partial charge in [0.15, 0.2) is 23.2 Å². The van der Waals surface area contributed by atoms with Gasteiger partial charge in [-0.3, -0.25) is 4.79 Å². The lowest BCUT2D eigenvalue weighted by atomic mass is 9.96. The van der Waals surface area contributed by atoms with Crippen LogP contribution in [-0.2, 0) is 0 Å². The molecule has 0 saturated carbocycles. The fraction of sp³-hybridized carbons (Fsp3) is 0.304. The molecule has 3 aromatic rings. The first-order valence-corrected chi connectivity index (χ1v) is 10.2. The molecule has 2 N–H and O–H groups in total. The van der Waals surface area contributed by atoms with Crippen LogP contribution in [0.15, 0.2) is 48.5 Å². The Hall–Kier alpha value is -3.69. The predicted molar refractivity (Wildman–Crippen MR) is 117 cm³/mol. The molecule has 2 heterocycles. The smallest absolute Gasteiger partial charge is 0.410 e. The summed E-state index contributed by atoms with van der Waals surface area (Å²) in [6.07, 6.45) is -4.85. The molecular weight excluding hydrogens is 437 g/mol. The van der Waals surface area contributed by atoms with Crippen LogP contribution >= 0.6 is 0 Å². The van der Waals surface area contributed by atoms with Crippen molar-refractivity contribution in [3.8, 4) is 11.5 Å². The van der Waals surface area contributed by atoms with Gasteiger partial charge in [-0.05, 0) is 36.2 Å². The molecule has 2 atom stereocenters. The van der Waals surface area contributed by atoms with E-state index in [1.54, 1.807) is 30.3 Å². The van der Waals surface area contributed by atoms with Gasteiger partial charge in [0.1, 0.15) is 5.82 Å². The Kier molecular flexibility index (Phi) is 5.92. The fourth-order valence-electron chi connectivity index (χ4n) is 3.87. The maximum atomic E-state index is 13.9. The number of carbonyl (C=O) groups excluding carboxylic acids is 1. The van der Waals surface area contributed by atoms with Crippen LogP contribution in [0.25, 0.3) is 0 Å². The Morgan fingerprint density at radius 1 is 1.12 bits per heavy atom. The number of nitrogens with zero attached hydrogens (tertiary/aromatic N) is 2. The van der Waals surface area contributed by atoms with E-state index in [9.17, 15) is 18.0 Å². The summed E-state index contributed by atoms with van der Waals surface area (Å²) in [6.45, 7) is 1.82. The van der Waals surface area contributed by atoms with Gasteiger partial charge in [0, 0.05) is 18.2 Å². The number of amides is 1. The highest BCUT2D eigenvalue weighted by atomic mass is 19.4. The number of ether oxygens (including phenoxy) is 2. The van der Waals surface area contributed by atoms with Gasteiger partial charge in [-0.2, -0.15) is 18.3 Å². The van der Waals surface area contributed by atoms with Crippen molar-refractivity contribution in [2.24, 2.45) is 0 Å². The van der Waals surface area contributed by atoms with Crippen molar-refractivity contribution in [3.63, 3.8) is 0 Å². The Bertz CT molecular complexity index is 1180. The number of fused-ring (bicyclic) bond motifs is 1. The number of nitrogens with one attached hydrogen (secondary N) is 2. The average Bonchev–Trinajstić information content (AvgIpc) is 3.23. The van der Waals surface area contributed by atoms with Gasteiger partial charge in [-0.1, -0.05) is 24.3 Å². The van der Waals surface area contributed by atoms with Crippen molar-refractivity contribution in [2.75, 3.05) is 24.9 Å². The van der Waals surface area contributed by atoms with Gasteiger partial charge < -0.3 is 20.1 Å². The van der Waals surface area contributed by atoms with Crippen LogP contribution in [0.1, 0.15) is 40.1 Å². The van der Waals surface area contributed by atoms with Gasteiger partial charge in [0.05, 0.1) is 20.3 Å². The summed E-state index contributed by atoms with van der Waals surface area (Å²) in [5, 5.41) is 9.78. The van der Waals surface area contributed by atoms with Crippen LogP contribution in [0, 0.1) is 6.92 Å². The molecule has 0 unspecified atom stereocenters. The number of aryl methyl sites for hydroxylation is 1. The largest absolute Gasteiger partial charge is 0.493 e. The normalized spacial score (nSPS) is 17.6. The minimum atomic E-state index is -4.55. The summed E-state index contributed by atoms with van der Waals surface area (Å²) in [4.78, 5) is 12.7. The maximum absolute atomic E-state index is 13.9. The SMILES string of the molecule is COc1ccc([C@@H]2C[C@H](C(F)(F)F)n3nc(C(=O)Nc4ccccc4C)cc3N2)cc1OC. The lowest BCUT2D eigenvalue weighted by Gasteiger charge is -2.33. The first kappa shape index (κ1) is 22.5. The van der Waals surface area contributed by atoms with E-state index in [1.807, 2.05) is 19.1 Å². The second-order valence-corrected chi connectivity index (χ2v) is 7.73. The number of carbonyl (C=O) groups is 1. The fourth-order valence-corrected chi connectivity index (χ4v) is 3.87. The van der Waals surface area contributed by atoms with Crippen LogP contribution in [-0.4, -0.2) is 36.1 Å². The molecule has 0 fully saturated rings. The number of hydrogen-bond acceptors (Lipinski definition) is 5. The highest BCUT2D eigenvalue weighted by Crippen LogP contribution is 2.44. The molecule has 2 aromatic carbocycles. The zero-order valence-electron chi connectivity index (χ0n) is 18.2. The summed E-state index contributed by atoms with van der Waals surface area (Å²) in [5.41, 5.74) is 1.88. The number of anilines is 2. The second-order valence-electron chi connectivity index (χ2n) is 7.73. The molecule has 0 spiro atoms. The van der Waals surface area contributed by atoms with E-state index in [0.717, 1.165) is 10.2 Å². The monoisotopic (exact) mass is 460 g/mol. The molecule has 10 heteroatoms. The molecule has 174 valence electrons. The van der Waals surface area contributed by atoms with Crippen LogP contribution in [0.2, 0.25) is 0 Å². The van der Waals surface area contributed by atoms with Gasteiger partial charge >= 0.3 is 6.18 Å². The Morgan fingerprint density at radius 3 is 2.52 bits per heavy atom. The Balaban J connectivity index is 1.66. The molecule has 0 bridgehead atoms. The predicted octanol–water partition coefficient (Wildman–Crippen LogP) is 5.12. The van der Waals surface area contributed by atoms with Gasteiger partial charge in [-0.15, -0.1) is 0 Å². The van der Waals surface area contributed by atoms with E-state index >= 15 is 0 Å². The summed E-state index contributed by atoms with van der Waals surface area (Å²) in [5.74, 6) is 0.414. The van der Waals surface area contributed by atoms with E-state index in [1.165, 1.54) is 20.3 Å². The highest BCUT2D eigenvalue weighted by molar-refractivity contribution is 6.03. The van der Waals surface area contributed by atoms with E-state index in [0.29, 0.717) is 22.7 Å². The van der Waals surface area contributed by atoms with E-state index < -0.39 is 24.2 Å². The number of methoxy groups -OCH3 is 2. The molecule has 4 rings (SSSR count). The number of para-hydroxylation sites is 1. The van der Waals surface area contributed by atoms with Crippen LogP contribution in [0.4, 0.5) is 24.7 Å². The third-order valence-corrected chi connectivity index (χ3v) is 5.63. The van der Waals surface area contributed by atoms with Crippen LogP contribution in [0.3, 0.4) is 0 Å². The van der Waals surface area contributed by atoms with Gasteiger partial charge in [0.2, 0.25) is 0 Å². The molecule has 1 aliphatic rings. The van der Waals surface area contributed by atoms with Crippen molar-refractivity contribution < 1.29 is 27.4 Å². The van der Waals surface area contributed by atoms with Gasteiger partial charge in [0.25, 0.3) is 5.91 Å². The Labute approximate surface area is 188 Å². The van der Waals surface area contributed by atoms with Crippen molar-refractivity contribution in [2.45, 2.75) is 31.6 Å². The van der Waals surface area contributed by atoms with Crippen molar-refractivity contribution in [3.05, 3.63) is 65.4 Å². The summed E-state index contributed by atoms with van der Waals surface area (Å²) in [7, 11) is 2.95. The van der Waals surface area contributed by atoms with Crippen molar-refractivity contribution in [1.82, 2.24) is 9.78 Å². The molecule has 7 nitrogen and oxygen atoms in total. The highest BCUT2D eigenvalue weighted by Gasteiger charge is 2.47. The number of hydrogen-bond donors (Lipinski definition) is 2. The van der Waals surface area contributed by atoms with E-state index in [4.69, 9.17) is 9.47 Å². The Morgan fingerprint density at radius 2 is 1.85 bits per heavy atom. The van der Waals surface area contributed by atoms with Crippen LogP contribution in [0.5, 0.6) is 11.5 Å². The summed E-state index contributed by atoms with van der Waals surface area (Å²) < 4.78 is 53.2. The zero-order valence-corrected chi connectivity index (χ0v) is 18.2. The number of aromatic nitrogens is 2. The number of halogens is 3. The third kappa shape index (κ3) is 4.46. The zero-order chi connectivity index (χ0) is 23.8. The molecule has 1 amide bonds. The van der Waals surface area contributed by atoms with Gasteiger partial charge in [-0.25, -0.2) is 4.68 Å². The second kappa shape index (κ2) is 8.68. The standard InChI is InChI=1S/C23H23F3N4O3/c1-13-6-4-5-7-15(13)28-22(31)17-12-21-27-16(11-20(23(24,25)26)30(21)29-17)14-8-9-18(32-2)19(10-14)33-3/h4-10,12,16,20,27H,11H2,1-3H3,(H,28,31)/t16-,20+/m0/s1. The molecule has 0 aliphatic carbocycles. The lowest BCUT2D eigenvalue weighted by molar-refractivity contribution is -0.173. The summed E-state index contributed by atoms with van der Waals surface area (Å²) in [6, 6.07) is 10.9. The number of benzene rings is 2. The first-order chi connectivity index (χ1) is 15.7. The topological polar surface area (TPSA) is 77.4 Å². The molecular formula is C23H23F3N4O3. The minimum Gasteiger partial charge on any atom is -0.493 e. The molecule has 1 aromatic heterocycles. The van der Waals surface area contributed by atoms with Crippen molar-refractivity contribution >= 4 is 17.4 Å². The summed E-state index contributed by atoms with van der Waals surface area (Å²) >= 11 is 0. The van der Waals surface area contributed by atoms with Crippen LogP contribution < -0.4 is 20.1 Å². The molecule has 0 radical (unpaired) electrons. The van der Waals surface area contributed by atoms with E-state index in [2.05, 4.69) is 15.7 Å². The minimum absolute atomic E-state index is 0.108. The average molecular weight is 460 g/mol. The first-order valence-electron chi connectivity index (χ1n) is 10.2. The molecule has 0 saturated heterocycles. The quantitative estimate of drug-likeness (QED) is 0.553. The lowest BCUT2D eigenvalue weighted by Crippen LogP contribution is -2.35. The maximum Gasteiger partial charge on any atom is 0.410 e. The number of rotatable bonds is 5. The van der Waals surface area contributed by atoms with Crippen molar-refractivity contribution in [1.29, 1.82) is 0 Å². The molecule has 33 heavy (non-hydrogen) atoms. The number of alkyl halides is 3.